The molecule has 26 heavy (non-hydrogen) atoms. The Morgan fingerprint density at radius 3 is 2.35 bits per heavy atom. The van der Waals surface area contributed by atoms with E-state index in [1.165, 1.54) is 0 Å². The lowest BCUT2D eigenvalue weighted by Crippen LogP contribution is -2.13. The summed E-state index contributed by atoms with van der Waals surface area (Å²) in [7, 11) is 0. The number of nitrogens with one attached hydrogen (secondary N) is 1. The van der Waals surface area contributed by atoms with Crippen molar-refractivity contribution in [2.45, 2.75) is 0 Å². The van der Waals surface area contributed by atoms with Crippen molar-refractivity contribution in [2.75, 3.05) is 5.32 Å². The minimum absolute atomic E-state index is 0.178. The number of amides is 1. The van der Waals surface area contributed by atoms with Crippen molar-refractivity contribution in [2.24, 2.45) is 0 Å². The zero-order valence-electron chi connectivity index (χ0n) is 14.1. The maximum Gasteiger partial charge on any atom is 0.256 e. The fraction of sp³-hybridized carbons (Fsp3) is 0. The van der Waals surface area contributed by atoms with E-state index in [0.717, 1.165) is 22.0 Å². The van der Waals surface area contributed by atoms with Crippen molar-refractivity contribution in [1.29, 1.82) is 0 Å². The predicted molar refractivity (Wildman–Crippen MR) is 106 cm³/mol. The lowest BCUT2D eigenvalue weighted by atomic mass is 10.0. The number of hydrogen-bond acceptors (Lipinski definition) is 2. The van der Waals surface area contributed by atoms with E-state index in [-0.39, 0.29) is 5.91 Å². The van der Waals surface area contributed by atoms with Gasteiger partial charge in [0, 0.05) is 5.69 Å². The first-order valence-corrected chi connectivity index (χ1v) is 8.40. The molecule has 0 aliphatic carbocycles. The number of carbonyl (C=O) groups excluding carboxylic acids is 1. The van der Waals surface area contributed by atoms with E-state index in [9.17, 15) is 4.79 Å². The number of fused-ring (bicyclic) bond motifs is 1. The quantitative estimate of drug-likeness (QED) is 0.491. The van der Waals surface area contributed by atoms with Gasteiger partial charge in [0.2, 0.25) is 0 Å². The summed E-state index contributed by atoms with van der Waals surface area (Å²) in [6, 6.07) is 27.2. The standard InChI is InChI=1S/C23H17NO2/c25-23(24-20-13-12-17-7-4-5-10-19(17)15-20)22(16-21-11-6-14-26-21)18-8-2-1-3-9-18/h1-16H,(H,24,25)/b22-16+. The van der Waals surface area contributed by atoms with Crippen LogP contribution in [0.4, 0.5) is 5.69 Å². The van der Waals surface area contributed by atoms with Crippen molar-refractivity contribution < 1.29 is 9.21 Å². The number of hydrogen-bond donors (Lipinski definition) is 1. The van der Waals surface area contributed by atoms with Crippen LogP contribution in [0.2, 0.25) is 0 Å². The second-order valence-corrected chi connectivity index (χ2v) is 5.96. The molecule has 4 aromatic rings. The molecule has 3 aromatic carbocycles. The summed E-state index contributed by atoms with van der Waals surface area (Å²) < 4.78 is 5.39. The number of anilines is 1. The molecule has 0 unspecified atom stereocenters. The van der Waals surface area contributed by atoms with Crippen LogP contribution in [-0.4, -0.2) is 5.91 Å². The van der Waals surface area contributed by atoms with Crippen LogP contribution < -0.4 is 5.32 Å². The lowest BCUT2D eigenvalue weighted by Gasteiger charge is -2.10. The van der Waals surface area contributed by atoms with Crippen LogP contribution >= 0.6 is 0 Å². The highest BCUT2D eigenvalue weighted by atomic mass is 16.3. The van der Waals surface area contributed by atoms with E-state index >= 15 is 0 Å². The zero-order chi connectivity index (χ0) is 17.8. The third kappa shape index (κ3) is 3.42. The summed E-state index contributed by atoms with van der Waals surface area (Å²) in [5.41, 5.74) is 2.14. The average molecular weight is 339 g/mol. The summed E-state index contributed by atoms with van der Waals surface area (Å²) >= 11 is 0. The van der Waals surface area contributed by atoms with Crippen molar-refractivity contribution in [3.05, 3.63) is 103 Å². The Labute approximate surface area is 151 Å². The molecule has 1 heterocycles. The van der Waals surface area contributed by atoms with Crippen LogP contribution in [-0.2, 0) is 4.79 Å². The van der Waals surface area contributed by atoms with Gasteiger partial charge in [-0.25, -0.2) is 0 Å². The number of rotatable bonds is 4. The largest absolute Gasteiger partial charge is 0.465 e. The summed E-state index contributed by atoms with van der Waals surface area (Å²) in [6.45, 7) is 0. The van der Waals surface area contributed by atoms with Crippen LogP contribution in [0, 0.1) is 0 Å². The monoisotopic (exact) mass is 339 g/mol. The summed E-state index contributed by atoms with van der Waals surface area (Å²) in [5, 5.41) is 5.22. The third-order valence-corrected chi connectivity index (χ3v) is 4.17. The van der Waals surface area contributed by atoms with Gasteiger partial charge >= 0.3 is 0 Å². The first-order chi connectivity index (χ1) is 12.8. The fourth-order valence-corrected chi connectivity index (χ4v) is 2.88. The third-order valence-electron chi connectivity index (χ3n) is 4.17. The van der Waals surface area contributed by atoms with Gasteiger partial charge in [-0.05, 0) is 46.7 Å². The molecule has 0 atom stereocenters. The zero-order valence-corrected chi connectivity index (χ0v) is 14.1. The molecule has 126 valence electrons. The van der Waals surface area contributed by atoms with Gasteiger partial charge in [-0.1, -0.05) is 60.7 Å². The molecule has 0 saturated heterocycles. The van der Waals surface area contributed by atoms with Gasteiger partial charge in [0.25, 0.3) is 5.91 Å². The number of furan rings is 1. The van der Waals surface area contributed by atoms with Crippen LogP contribution in [0.25, 0.3) is 22.4 Å². The summed E-state index contributed by atoms with van der Waals surface area (Å²) in [5.74, 6) is 0.459. The number of benzene rings is 3. The van der Waals surface area contributed by atoms with Gasteiger partial charge in [0.15, 0.2) is 0 Å². The van der Waals surface area contributed by atoms with E-state index in [2.05, 4.69) is 5.32 Å². The van der Waals surface area contributed by atoms with Gasteiger partial charge in [-0.3, -0.25) is 4.79 Å². The molecule has 0 saturated carbocycles. The van der Waals surface area contributed by atoms with E-state index in [4.69, 9.17) is 4.42 Å². The molecular formula is C23H17NO2. The first-order valence-electron chi connectivity index (χ1n) is 8.40. The Morgan fingerprint density at radius 2 is 1.58 bits per heavy atom. The maximum atomic E-state index is 13.0. The molecule has 1 N–H and O–H groups in total. The molecular weight excluding hydrogens is 322 g/mol. The van der Waals surface area contributed by atoms with Gasteiger partial charge in [-0.2, -0.15) is 0 Å². The molecule has 0 aliphatic heterocycles. The first kappa shape index (κ1) is 15.9. The van der Waals surface area contributed by atoms with Crippen LogP contribution in [0.3, 0.4) is 0 Å². The Hall–Kier alpha value is -3.59. The maximum absolute atomic E-state index is 13.0. The average Bonchev–Trinajstić information content (AvgIpc) is 3.20. The summed E-state index contributed by atoms with van der Waals surface area (Å²) in [6.07, 6.45) is 3.35. The van der Waals surface area contributed by atoms with Crippen LogP contribution in [0.15, 0.2) is 95.6 Å². The number of carbonyl (C=O) groups is 1. The highest BCUT2D eigenvalue weighted by Gasteiger charge is 2.13. The van der Waals surface area contributed by atoms with Crippen LogP contribution in [0.5, 0.6) is 0 Å². The van der Waals surface area contributed by atoms with Crippen molar-refractivity contribution >= 4 is 34.0 Å². The molecule has 0 aliphatic rings. The summed E-state index contributed by atoms with van der Waals surface area (Å²) in [4.78, 5) is 13.0. The Bertz CT molecular complexity index is 1060. The van der Waals surface area contributed by atoms with E-state index in [1.807, 2.05) is 78.9 Å². The SMILES string of the molecule is O=C(Nc1ccc2ccccc2c1)/C(=C/c1ccco1)c1ccccc1. The minimum atomic E-state index is -0.178. The second-order valence-electron chi connectivity index (χ2n) is 5.96. The fourth-order valence-electron chi connectivity index (χ4n) is 2.88. The van der Waals surface area contributed by atoms with E-state index < -0.39 is 0 Å². The highest BCUT2D eigenvalue weighted by Crippen LogP contribution is 2.23. The van der Waals surface area contributed by atoms with Crippen molar-refractivity contribution in [1.82, 2.24) is 0 Å². The molecule has 1 amide bonds. The van der Waals surface area contributed by atoms with Crippen molar-refractivity contribution in [3.63, 3.8) is 0 Å². The van der Waals surface area contributed by atoms with Crippen molar-refractivity contribution in [3.8, 4) is 0 Å². The highest BCUT2D eigenvalue weighted by molar-refractivity contribution is 6.29. The Kier molecular flexibility index (Phi) is 4.35. The smallest absolute Gasteiger partial charge is 0.256 e. The molecule has 0 bridgehead atoms. The molecule has 0 radical (unpaired) electrons. The minimum Gasteiger partial charge on any atom is -0.465 e. The van der Waals surface area contributed by atoms with Gasteiger partial charge < -0.3 is 9.73 Å². The topological polar surface area (TPSA) is 42.2 Å². The van der Waals surface area contributed by atoms with Crippen LogP contribution in [0.1, 0.15) is 11.3 Å². The van der Waals surface area contributed by atoms with Gasteiger partial charge in [0.1, 0.15) is 5.76 Å². The normalized spacial score (nSPS) is 11.5. The lowest BCUT2D eigenvalue weighted by molar-refractivity contribution is -0.111. The molecule has 0 fully saturated rings. The molecule has 3 heteroatoms. The Morgan fingerprint density at radius 1 is 0.808 bits per heavy atom. The van der Waals surface area contributed by atoms with Gasteiger partial charge in [-0.15, -0.1) is 0 Å². The molecule has 1 aromatic heterocycles. The molecule has 0 spiro atoms. The Balaban J connectivity index is 1.67. The predicted octanol–water partition coefficient (Wildman–Crippen LogP) is 5.61. The molecule has 4 rings (SSSR count). The second kappa shape index (κ2) is 7.11. The van der Waals surface area contributed by atoms with Gasteiger partial charge in [0.05, 0.1) is 11.8 Å². The molecule has 3 nitrogen and oxygen atoms in total. The van der Waals surface area contributed by atoms with E-state index in [1.54, 1.807) is 18.4 Å². The van der Waals surface area contributed by atoms with E-state index in [0.29, 0.717) is 11.3 Å².